The lowest BCUT2D eigenvalue weighted by Gasteiger charge is -1.99. The minimum Gasteiger partial charge on any atom is -0.298 e. The summed E-state index contributed by atoms with van der Waals surface area (Å²) in [5, 5.41) is 11.1. The summed E-state index contributed by atoms with van der Waals surface area (Å²) in [4.78, 5) is 26.8. The number of rotatable bonds is 3. The Morgan fingerprint density at radius 3 is 2.76 bits per heavy atom. The molecule has 0 aliphatic carbocycles. The number of thiazole rings is 1. The van der Waals surface area contributed by atoms with Crippen LogP contribution in [0.4, 0.5) is 5.13 Å². The van der Waals surface area contributed by atoms with Crippen LogP contribution in [-0.2, 0) is 0 Å². The third kappa shape index (κ3) is 2.39. The number of aryl methyl sites for hydroxylation is 1. The molecule has 0 bridgehead atoms. The van der Waals surface area contributed by atoms with E-state index < -0.39 is 0 Å². The van der Waals surface area contributed by atoms with Crippen molar-refractivity contribution in [1.29, 1.82) is 0 Å². The lowest BCUT2D eigenvalue weighted by atomic mass is 10.2. The van der Waals surface area contributed by atoms with Gasteiger partial charge < -0.3 is 0 Å². The maximum Gasteiger partial charge on any atom is 0.260 e. The van der Waals surface area contributed by atoms with Crippen LogP contribution >= 0.6 is 11.3 Å². The number of hydrogen-bond acceptors (Lipinski definition) is 5. The number of H-pyrrole nitrogens is 1. The number of carbonyl (C=O) groups excluding carboxylic acids is 2. The molecule has 0 unspecified atom stereocenters. The van der Waals surface area contributed by atoms with Crippen LogP contribution in [0.3, 0.4) is 0 Å². The summed E-state index contributed by atoms with van der Waals surface area (Å²) in [6.07, 6.45) is 1.45. The Hall–Kier alpha value is -2.02. The average molecular weight is 250 g/mol. The van der Waals surface area contributed by atoms with Crippen molar-refractivity contribution in [3.8, 4) is 0 Å². The summed E-state index contributed by atoms with van der Waals surface area (Å²) >= 11 is 1.21. The minimum atomic E-state index is -0.291. The molecule has 0 radical (unpaired) electrons. The standard InChI is InChI=1S/C10H10N4O2S/c1-5-7(3-11-14-5)9(16)13-10-12-8(4-17-10)6(2)15/h3-4H,1-2H3,(H,11,14)(H,12,13,16). The fraction of sp³-hybridized carbons (Fsp3) is 0.200. The maximum atomic E-state index is 11.8. The normalized spacial score (nSPS) is 10.2. The van der Waals surface area contributed by atoms with Gasteiger partial charge in [-0.2, -0.15) is 5.10 Å². The Labute approximate surface area is 101 Å². The van der Waals surface area contributed by atoms with Gasteiger partial charge in [0, 0.05) is 18.0 Å². The number of aromatic nitrogens is 3. The molecule has 2 aromatic rings. The average Bonchev–Trinajstić information content (AvgIpc) is 2.86. The number of aromatic amines is 1. The number of ketones is 1. The molecule has 0 aromatic carbocycles. The van der Waals surface area contributed by atoms with E-state index in [2.05, 4.69) is 20.5 Å². The second kappa shape index (κ2) is 4.46. The van der Waals surface area contributed by atoms with E-state index in [1.54, 1.807) is 12.3 Å². The first-order valence-corrected chi connectivity index (χ1v) is 5.73. The summed E-state index contributed by atoms with van der Waals surface area (Å²) in [5.41, 5.74) is 1.50. The van der Waals surface area contributed by atoms with Crippen LogP contribution in [0.15, 0.2) is 11.6 Å². The SMILES string of the molecule is CC(=O)c1csc(NC(=O)c2cn[nH]c2C)n1. The summed E-state index contributed by atoms with van der Waals surface area (Å²) in [6, 6.07) is 0. The van der Waals surface area contributed by atoms with Crippen LogP contribution in [0.1, 0.15) is 33.5 Å². The number of hydrogen-bond donors (Lipinski definition) is 2. The topological polar surface area (TPSA) is 87.7 Å². The lowest BCUT2D eigenvalue weighted by Crippen LogP contribution is -2.12. The molecule has 0 saturated carbocycles. The Bertz CT molecular complexity index is 572. The van der Waals surface area contributed by atoms with E-state index in [1.807, 2.05) is 0 Å². The number of amides is 1. The first kappa shape index (κ1) is 11.5. The van der Waals surface area contributed by atoms with Gasteiger partial charge in [-0.3, -0.25) is 20.0 Å². The zero-order valence-corrected chi connectivity index (χ0v) is 10.1. The highest BCUT2D eigenvalue weighted by atomic mass is 32.1. The quantitative estimate of drug-likeness (QED) is 0.810. The molecular weight excluding hydrogens is 240 g/mol. The van der Waals surface area contributed by atoms with Crippen molar-refractivity contribution in [3.05, 3.63) is 28.5 Å². The molecule has 17 heavy (non-hydrogen) atoms. The highest BCUT2D eigenvalue weighted by Gasteiger charge is 2.13. The minimum absolute atomic E-state index is 0.124. The van der Waals surface area contributed by atoms with Crippen molar-refractivity contribution in [2.24, 2.45) is 0 Å². The van der Waals surface area contributed by atoms with Crippen LogP contribution in [0.25, 0.3) is 0 Å². The number of Topliss-reactive ketones (excluding diaryl/α,β-unsaturated/α-hetero) is 1. The van der Waals surface area contributed by atoms with Crippen LogP contribution in [-0.4, -0.2) is 26.9 Å². The number of nitrogens with one attached hydrogen (secondary N) is 2. The van der Waals surface area contributed by atoms with Crippen molar-refractivity contribution < 1.29 is 9.59 Å². The van der Waals surface area contributed by atoms with Gasteiger partial charge >= 0.3 is 0 Å². The molecule has 0 saturated heterocycles. The fourth-order valence-corrected chi connectivity index (χ4v) is 1.98. The number of anilines is 1. The molecule has 2 heterocycles. The van der Waals surface area contributed by atoms with Gasteiger partial charge in [-0.1, -0.05) is 0 Å². The largest absolute Gasteiger partial charge is 0.298 e. The molecule has 0 fully saturated rings. The summed E-state index contributed by atoms with van der Waals surface area (Å²) in [5.74, 6) is -0.415. The molecule has 0 spiro atoms. The summed E-state index contributed by atoms with van der Waals surface area (Å²) in [6.45, 7) is 3.19. The molecular formula is C10H10N4O2S. The van der Waals surface area contributed by atoms with E-state index in [1.165, 1.54) is 24.5 Å². The van der Waals surface area contributed by atoms with Gasteiger partial charge in [0.05, 0.1) is 11.8 Å². The zero-order chi connectivity index (χ0) is 12.4. The highest BCUT2D eigenvalue weighted by Crippen LogP contribution is 2.17. The third-order valence-corrected chi connectivity index (χ3v) is 2.92. The Morgan fingerprint density at radius 2 is 2.24 bits per heavy atom. The zero-order valence-electron chi connectivity index (χ0n) is 9.27. The van der Waals surface area contributed by atoms with Gasteiger partial charge in [0.2, 0.25) is 0 Å². The fourth-order valence-electron chi connectivity index (χ4n) is 1.24. The van der Waals surface area contributed by atoms with Gasteiger partial charge in [0.25, 0.3) is 5.91 Å². The molecule has 0 aliphatic heterocycles. The predicted molar refractivity (Wildman–Crippen MR) is 63.4 cm³/mol. The van der Waals surface area contributed by atoms with Gasteiger partial charge in [0.15, 0.2) is 10.9 Å². The van der Waals surface area contributed by atoms with Crippen LogP contribution in [0.5, 0.6) is 0 Å². The van der Waals surface area contributed by atoms with Crippen molar-refractivity contribution in [3.63, 3.8) is 0 Å². The first-order chi connectivity index (χ1) is 8.08. The molecule has 2 N–H and O–H groups in total. The van der Waals surface area contributed by atoms with E-state index in [-0.39, 0.29) is 11.7 Å². The van der Waals surface area contributed by atoms with Gasteiger partial charge in [-0.05, 0) is 6.92 Å². The second-order valence-corrected chi connectivity index (χ2v) is 4.31. The molecule has 7 heteroatoms. The molecule has 88 valence electrons. The maximum absolute atomic E-state index is 11.8. The molecule has 2 aromatic heterocycles. The second-order valence-electron chi connectivity index (χ2n) is 3.46. The molecule has 0 aliphatic rings. The van der Waals surface area contributed by atoms with Crippen molar-refractivity contribution in [2.45, 2.75) is 13.8 Å². The van der Waals surface area contributed by atoms with Crippen LogP contribution < -0.4 is 5.32 Å². The van der Waals surface area contributed by atoms with Gasteiger partial charge in [0.1, 0.15) is 5.69 Å². The van der Waals surface area contributed by atoms with Crippen molar-refractivity contribution in [1.82, 2.24) is 15.2 Å². The third-order valence-electron chi connectivity index (χ3n) is 2.16. The predicted octanol–water partition coefficient (Wildman–Crippen LogP) is 1.63. The monoisotopic (exact) mass is 250 g/mol. The molecule has 6 nitrogen and oxygen atoms in total. The lowest BCUT2D eigenvalue weighted by molar-refractivity contribution is 0.100. The van der Waals surface area contributed by atoms with Crippen LogP contribution in [0, 0.1) is 6.92 Å². The number of nitrogens with zero attached hydrogens (tertiary/aromatic N) is 2. The molecule has 2 rings (SSSR count). The highest BCUT2D eigenvalue weighted by molar-refractivity contribution is 7.14. The van der Waals surface area contributed by atoms with Gasteiger partial charge in [-0.25, -0.2) is 4.98 Å². The van der Waals surface area contributed by atoms with E-state index >= 15 is 0 Å². The molecule has 1 amide bonds. The van der Waals surface area contributed by atoms with E-state index in [4.69, 9.17) is 0 Å². The van der Waals surface area contributed by atoms with Crippen LogP contribution in [0.2, 0.25) is 0 Å². The Kier molecular flexibility index (Phi) is 3.01. The van der Waals surface area contributed by atoms with Crippen molar-refractivity contribution >= 4 is 28.2 Å². The summed E-state index contributed by atoms with van der Waals surface area (Å²) in [7, 11) is 0. The van der Waals surface area contributed by atoms with Crippen molar-refractivity contribution in [2.75, 3.05) is 5.32 Å². The first-order valence-electron chi connectivity index (χ1n) is 4.85. The Balaban J connectivity index is 2.13. The van der Waals surface area contributed by atoms with E-state index in [9.17, 15) is 9.59 Å². The summed E-state index contributed by atoms with van der Waals surface area (Å²) < 4.78 is 0. The molecule has 0 atom stereocenters. The number of carbonyl (C=O) groups is 2. The van der Waals surface area contributed by atoms with E-state index in [0.29, 0.717) is 22.1 Å². The van der Waals surface area contributed by atoms with Gasteiger partial charge in [-0.15, -0.1) is 11.3 Å². The Morgan fingerprint density at radius 1 is 1.47 bits per heavy atom. The smallest absolute Gasteiger partial charge is 0.260 e. The van der Waals surface area contributed by atoms with E-state index in [0.717, 1.165) is 0 Å².